The molecule has 19 heavy (non-hydrogen) atoms. The monoisotopic (exact) mass is 297 g/mol. The second kappa shape index (κ2) is 5.14. The molecule has 1 aromatic carbocycles. The SMILES string of the molecule is Cc1ccc(S(=O)(=O)Nc2ccnc(Cl)n2)cc1C. The van der Waals surface area contributed by atoms with Crippen LogP contribution in [0.4, 0.5) is 5.82 Å². The number of hydrogen-bond donors (Lipinski definition) is 1. The number of rotatable bonds is 3. The number of nitrogens with zero attached hydrogens (tertiary/aromatic N) is 2. The predicted molar refractivity (Wildman–Crippen MR) is 73.8 cm³/mol. The standard InChI is InChI=1S/C12H12ClN3O2S/c1-8-3-4-10(7-9(8)2)19(17,18)16-11-5-6-14-12(13)15-11/h3-7H,1-2H3,(H,14,15,16). The van der Waals surface area contributed by atoms with Crippen LogP contribution >= 0.6 is 11.6 Å². The van der Waals surface area contributed by atoms with Crippen LogP contribution in [0.5, 0.6) is 0 Å². The smallest absolute Gasteiger partial charge is 0.263 e. The van der Waals surface area contributed by atoms with Crippen molar-refractivity contribution >= 4 is 27.4 Å². The molecule has 100 valence electrons. The van der Waals surface area contributed by atoms with Crippen LogP contribution in [-0.2, 0) is 10.0 Å². The Morgan fingerprint density at radius 3 is 2.53 bits per heavy atom. The van der Waals surface area contributed by atoms with Gasteiger partial charge in [-0.2, -0.15) is 4.98 Å². The Morgan fingerprint density at radius 1 is 1.16 bits per heavy atom. The first kappa shape index (κ1) is 13.8. The van der Waals surface area contributed by atoms with Gasteiger partial charge < -0.3 is 0 Å². The summed E-state index contributed by atoms with van der Waals surface area (Å²) < 4.78 is 26.7. The molecule has 0 aliphatic heterocycles. The van der Waals surface area contributed by atoms with Crippen molar-refractivity contribution in [1.29, 1.82) is 0 Å². The molecule has 0 bridgehead atoms. The number of sulfonamides is 1. The van der Waals surface area contributed by atoms with E-state index in [0.29, 0.717) is 0 Å². The van der Waals surface area contributed by atoms with Gasteiger partial charge in [0.05, 0.1) is 4.90 Å². The summed E-state index contributed by atoms with van der Waals surface area (Å²) in [5.41, 5.74) is 1.94. The minimum atomic E-state index is -3.67. The van der Waals surface area contributed by atoms with Crippen molar-refractivity contribution in [2.75, 3.05) is 4.72 Å². The van der Waals surface area contributed by atoms with E-state index >= 15 is 0 Å². The zero-order valence-electron chi connectivity index (χ0n) is 10.4. The molecule has 2 aromatic rings. The van der Waals surface area contributed by atoms with E-state index in [1.54, 1.807) is 18.2 Å². The van der Waals surface area contributed by atoms with Gasteiger partial charge in [-0.25, -0.2) is 13.4 Å². The van der Waals surface area contributed by atoms with Gasteiger partial charge in [-0.05, 0) is 54.8 Å². The molecular formula is C12H12ClN3O2S. The summed E-state index contributed by atoms with van der Waals surface area (Å²) in [6.07, 6.45) is 1.38. The zero-order valence-corrected chi connectivity index (χ0v) is 12.0. The van der Waals surface area contributed by atoms with E-state index in [4.69, 9.17) is 11.6 Å². The number of halogens is 1. The normalized spacial score (nSPS) is 11.3. The van der Waals surface area contributed by atoms with E-state index in [1.165, 1.54) is 12.3 Å². The van der Waals surface area contributed by atoms with Gasteiger partial charge in [-0.3, -0.25) is 4.72 Å². The molecule has 1 heterocycles. The van der Waals surface area contributed by atoms with Gasteiger partial charge >= 0.3 is 0 Å². The highest BCUT2D eigenvalue weighted by molar-refractivity contribution is 7.92. The van der Waals surface area contributed by atoms with E-state index in [2.05, 4.69) is 14.7 Å². The number of aryl methyl sites for hydroxylation is 2. The second-order valence-electron chi connectivity index (χ2n) is 4.06. The molecule has 0 aliphatic rings. The Balaban J connectivity index is 2.35. The third-order valence-corrected chi connectivity index (χ3v) is 4.19. The Morgan fingerprint density at radius 2 is 1.89 bits per heavy atom. The zero-order chi connectivity index (χ0) is 14.0. The molecule has 0 atom stereocenters. The largest absolute Gasteiger partial charge is 0.263 e. The highest BCUT2D eigenvalue weighted by Crippen LogP contribution is 2.18. The van der Waals surface area contributed by atoms with Crippen LogP contribution in [0.2, 0.25) is 5.28 Å². The Hall–Kier alpha value is -1.66. The molecule has 0 fully saturated rings. The Kier molecular flexibility index (Phi) is 3.73. The molecule has 0 radical (unpaired) electrons. The molecule has 0 saturated carbocycles. The maximum atomic E-state index is 12.2. The molecule has 0 saturated heterocycles. The molecule has 2 rings (SSSR count). The first-order chi connectivity index (χ1) is 8.88. The van der Waals surface area contributed by atoms with Crippen LogP contribution in [0.25, 0.3) is 0 Å². The lowest BCUT2D eigenvalue weighted by molar-refractivity contribution is 0.601. The van der Waals surface area contributed by atoms with E-state index in [0.717, 1.165) is 11.1 Å². The van der Waals surface area contributed by atoms with Gasteiger partial charge in [0.25, 0.3) is 10.0 Å². The fourth-order valence-electron chi connectivity index (χ4n) is 1.47. The van der Waals surface area contributed by atoms with Crippen molar-refractivity contribution in [1.82, 2.24) is 9.97 Å². The number of aromatic nitrogens is 2. The first-order valence-corrected chi connectivity index (χ1v) is 7.33. The summed E-state index contributed by atoms with van der Waals surface area (Å²) in [4.78, 5) is 7.66. The van der Waals surface area contributed by atoms with E-state index in [9.17, 15) is 8.42 Å². The average Bonchev–Trinajstić information content (AvgIpc) is 2.32. The molecule has 0 amide bonds. The van der Waals surface area contributed by atoms with Crippen LogP contribution in [0.3, 0.4) is 0 Å². The Bertz CT molecular complexity index is 717. The average molecular weight is 298 g/mol. The quantitative estimate of drug-likeness (QED) is 0.884. The molecule has 1 aromatic heterocycles. The van der Waals surface area contributed by atoms with Gasteiger partial charge in [0.1, 0.15) is 5.82 Å². The molecule has 7 heteroatoms. The van der Waals surface area contributed by atoms with Gasteiger partial charge in [0, 0.05) is 6.20 Å². The van der Waals surface area contributed by atoms with Crippen LogP contribution in [0.15, 0.2) is 35.4 Å². The first-order valence-electron chi connectivity index (χ1n) is 5.47. The molecule has 0 unspecified atom stereocenters. The minimum Gasteiger partial charge on any atom is -0.263 e. The minimum absolute atomic E-state index is 0.0136. The van der Waals surface area contributed by atoms with Crippen molar-refractivity contribution < 1.29 is 8.42 Å². The molecule has 5 nitrogen and oxygen atoms in total. The van der Waals surface area contributed by atoms with Crippen LogP contribution < -0.4 is 4.72 Å². The highest BCUT2D eigenvalue weighted by atomic mass is 35.5. The van der Waals surface area contributed by atoms with Crippen molar-refractivity contribution in [3.63, 3.8) is 0 Å². The fourth-order valence-corrected chi connectivity index (χ4v) is 2.70. The Labute approximate surface area is 116 Å². The van der Waals surface area contributed by atoms with E-state index in [-0.39, 0.29) is 16.0 Å². The lowest BCUT2D eigenvalue weighted by Crippen LogP contribution is -2.14. The molecule has 0 aliphatic carbocycles. The van der Waals surface area contributed by atoms with Crippen LogP contribution in [0.1, 0.15) is 11.1 Å². The molecule has 1 N–H and O–H groups in total. The predicted octanol–water partition coefficient (Wildman–Crippen LogP) is 2.55. The summed E-state index contributed by atoms with van der Waals surface area (Å²) in [6.45, 7) is 3.78. The van der Waals surface area contributed by atoms with E-state index in [1.807, 2.05) is 13.8 Å². The van der Waals surface area contributed by atoms with Crippen molar-refractivity contribution in [2.24, 2.45) is 0 Å². The number of anilines is 1. The third kappa shape index (κ3) is 3.21. The van der Waals surface area contributed by atoms with Crippen LogP contribution in [0, 0.1) is 13.8 Å². The second-order valence-corrected chi connectivity index (χ2v) is 6.08. The van der Waals surface area contributed by atoms with Gasteiger partial charge in [0.15, 0.2) is 0 Å². The van der Waals surface area contributed by atoms with E-state index < -0.39 is 10.0 Å². The maximum absolute atomic E-state index is 12.2. The summed E-state index contributed by atoms with van der Waals surface area (Å²) in [6, 6.07) is 6.36. The lowest BCUT2D eigenvalue weighted by atomic mass is 10.1. The third-order valence-electron chi connectivity index (χ3n) is 2.65. The van der Waals surface area contributed by atoms with Crippen LogP contribution in [-0.4, -0.2) is 18.4 Å². The lowest BCUT2D eigenvalue weighted by Gasteiger charge is -2.08. The maximum Gasteiger partial charge on any atom is 0.263 e. The van der Waals surface area contributed by atoms with Crippen molar-refractivity contribution in [3.05, 3.63) is 46.9 Å². The summed E-state index contributed by atoms with van der Waals surface area (Å²) in [7, 11) is -3.67. The molecular weight excluding hydrogens is 286 g/mol. The number of nitrogens with one attached hydrogen (secondary N) is 1. The van der Waals surface area contributed by atoms with Gasteiger partial charge in [-0.15, -0.1) is 0 Å². The number of benzene rings is 1. The summed E-state index contributed by atoms with van der Waals surface area (Å²) in [5.74, 6) is 0.137. The fraction of sp³-hybridized carbons (Fsp3) is 0.167. The topological polar surface area (TPSA) is 72.0 Å². The van der Waals surface area contributed by atoms with Crippen molar-refractivity contribution in [2.45, 2.75) is 18.7 Å². The van der Waals surface area contributed by atoms with Crippen molar-refractivity contribution in [3.8, 4) is 0 Å². The van der Waals surface area contributed by atoms with Gasteiger partial charge in [0.2, 0.25) is 5.28 Å². The number of hydrogen-bond acceptors (Lipinski definition) is 4. The summed E-state index contributed by atoms with van der Waals surface area (Å²) >= 11 is 5.61. The van der Waals surface area contributed by atoms with Gasteiger partial charge in [-0.1, -0.05) is 6.07 Å². The highest BCUT2D eigenvalue weighted by Gasteiger charge is 2.15. The summed E-state index contributed by atoms with van der Waals surface area (Å²) in [5, 5.41) is -0.0136. The molecule has 0 spiro atoms.